The third-order valence-corrected chi connectivity index (χ3v) is 3.33. The van der Waals surface area contributed by atoms with Crippen LogP contribution in [0, 0.1) is 5.92 Å². The van der Waals surface area contributed by atoms with Crippen molar-refractivity contribution < 1.29 is 19.1 Å². The summed E-state index contributed by atoms with van der Waals surface area (Å²) in [5, 5.41) is 11.9. The summed E-state index contributed by atoms with van der Waals surface area (Å²) in [5.74, 6) is -0.346. The first-order valence-electron chi connectivity index (χ1n) is 5.38. The van der Waals surface area contributed by atoms with Crippen LogP contribution in [0.1, 0.15) is 23.4 Å². The molecule has 2 rings (SSSR count). The highest BCUT2D eigenvalue weighted by atomic mass is 32.2. The van der Waals surface area contributed by atoms with Crippen molar-refractivity contribution in [3.63, 3.8) is 0 Å². The average molecular weight is 255 g/mol. The number of carbonyl (C=O) groups excluding carboxylic acids is 1. The largest absolute Gasteiger partial charge is 0.475 e. The van der Waals surface area contributed by atoms with E-state index in [4.69, 9.17) is 9.52 Å². The molecule has 0 spiro atoms. The second-order valence-electron chi connectivity index (χ2n) is 3.96. The predicted molar refractivity (Wildman–Crippen MR) is 62.1 cm³/mol. The summed E-state index contributed by atoms with van der Waals surface area (Å²) < 4.78 is 5.02. The second kappa shape index (κ2) is 5.27. The zero-order valence-corrected chi connectivity index (χ0v) is 9.96. The average Bonchev–Trinajstić information content (AvgIpc) is 3.00. The Morgan fingerprint density at radius 3 is 2.82 bits per heavy atom. The van der Waals surface area contributed by atoms with Gasteiger partial charge in [0.05, 0.1) is 5.75 Å². The molecule has 1 aliphatic rings. The van der Waals surface area contributed by atoms with Gasteiger partial charge in [-0.25, -0.2) is 4.79 Å². The van der Waals surface area contributed by atoms with Crippen LogP contribution in [0.5, 0.6) is 0 Å². The van der Waals surface area contributed by atoms with Gasteiger partial charge in [0.25, 0.3) is 0 Å². The van der Waals surface area contributed by atoms with E-state index >= 15 is 0 Å². The standard InChI is InChI=1S/C11H13NO4S/c13-9(12-5-7-1-2-7)6-17-10-4-3-8(16-10)11(14)15/h3-4,7H,1-2,5-6H2,(H,12,13)(H,14,15). The highest BCUT2D eigenvalue weighted by Crippen LogP contribution is 2.27. The molecule has 0 saturated heterocycles. The molecule has 0 aromatic carbocycles. The van der Waals surface area contributed by atoms with Gasteiger partial charge in [-0.3, -0.25) is 4.79 Å². The van der Waals surface area contributed by atoms with Gasteiger partial charge >= 0.3 is 5.97 Å². The molecule has 1 amide bonds. The summed E-state index contributed by atoms with van der Waals surface area (Å²) >= 11 is 1.20. The van der Waals surface area contributed by atoms with Crippen LogP contribution in [0.4, 0.5) is 0 Å². The monoisotopic (exact) mass is 255 g/mol. The lowest BCUT2D eigenvalue weighted by atomic mass is 10.4. The minimum Gasteiger partial charge on any atom is -0.475 e. The van der Waals surface area contributed by atoms with Gasteiger partial charge in [-0.1, -0.05) is 11.8 Å². The molecule has 0 aliphatic heterocycles. The van der Waals surface area contributed by atoms with E-state index in [0.717, 1.165) is 6.54 Å². The van der Waals surface area contributed by atoms with Crippen molar-refractivity contribution in [1.82, 2.24) is 5.32 Å². The molecular formula is C11H13NO4S. The number of carboxylic acids is 1. The molecule has 6 heteroatoms. The van der Waals surface area contributed by atoms with Crippen LogP contribution >= 0.6 is 11.8 Å². The number of rotatable bonds is 6. The molecule has 92 valence electrons. The van der Waals surface area contributed by atoms with Crippen molar-refractivity contribution in [2.75, 3.05) is 12.3 Å². The van der Waals surface area contributed by atoms with Gasteiger partial charge < -0.3 is 14.8 Å². The molecule has 5 nitrogen and oxygen atoms in total. The fraction of sp³-hybridized carbons (Fsp3) is 0.455. The maximum absolute atomic E-state index is 11.4. The van der Waals surface area contributed by atoms with Gasteiger partial charge in [0.15, 0.2) is 5.09 Å². The Kier molecular flexibility index (Phi) is 3.73. The molecule has 2 N–H and O–H groups in total. The maximum atomic E-state index is 11.4. The molecule has 0 radical (unpaired) electrons. The molecule has 17 heavy (non-hydrogen) atoms. The Hall–Kier alpha value is -1.43. The first-order chi connectivity index (χ1) is 8.15. The Labute approximate surface area is 103 Å². The number of hydrogen-bond donors (Lipinski definition) is 2. The smallest absolute Gasteiger partial charge is 0.371 e. The number of carboxylic acid groups (broad SMARTS) is 1. The lowest BCUT2D eigenvalue weighted by Gasteiger charge is -2.01. The highest BCUT2D eigenvalue weighted by molar-refractivity contribution is 7.99. The van der Waals surface area contributed by atoms with E-state index in [9.17, 15) is 9.59 Å². The van der Waals surface area contributed by atoms with Crippen molar-refractivity contribution in [2.45, 2.75) is 17.9 Å². The molecule has 1 heterocycles. The van der Waals surface area contributed by atoms with E-state index in [1.807, 2.05) is 0 Å². The molecule has 1 saturated carbocycles. The second-order valence-corrected chi connectivity index (χ2v) is 4.94. The van der Waals surface area contributed by atoms with E-state index in [2.05, 4.69) is 5.32 Å². The van der Waals surface area contributed by atoms with Crippen LogP contribution in [0.15, 0.2) is 21.6 Å². The molecule has 0 atom stereocenters. The zero-order valence-electron chi connectivity index (χ0n) is 9.14. The van der Waals surface area contributed by atoms with Crippen LogP contribution in [0.2, 0.25) is 0 Å². The summed E-state index contributed by atoms with van der Waals surface area (Å²) in [4.78, 5) is 22.0. The van der Waals surface area contributed by atoms with Gasteiger partial charge in [0.1, 0.15) is 0 Å². The lowest BCUT2D eigenvalue weighted by Crippen LogP contribution is -2.27. The number of aromatic carboxylic acids is 1. The molecule has 1 aromatic rings. The van der Waals surface area contributed by atoms with Gasteiger partial charge in [-0.15, -0.1) is 0 Å². The van der Waals surface area contributed by atoms with Gasteiger partial charge in [-0.2, -0.15) is 0 Å². The maximum Gasteiger partial charge on any atom is 0.371 e. The van der Waals surface area contributed by atoms with Crippen molar-refractivity contribution in [3.8, 4) is 0 Å². The minimum atomic E-state index is -1.10. The van der Waals surface area contributed by atoms with Crippen molar-refractivity contribution in [1.29, 1.82) is 0 Å². The first kappa shape index (κ1) is 12.0. The fourth-order valence-corrected chi connectivity index (χ4v) is 1.97. The van der Waals surface area contributed by atoms with Crippen molar-refractivity contribution in [2.24, 2.45) is 5.92 Å². The zero-order chi connectivity index (χ0) is 12.3. The Morgan fingerprint density at radius 2 is 2.24 bits per heavy atom. The third-order valence-electron chi connectivity index (χ3n) is 2.42. The number of hydrogen-bond acceptors (Lipinski definition) is 4. The number of furan rings is 1. The summed E-state index contributed by atoms with van der Waals surface area (Å²) in [6, 6.07) is 2.94. The Balaban J connectivity index is 1.72. The Bertz CT molecular complexity index is 425. The quantitative estimate of drug-likeness (QED) is 0.755. The van der Waals surface area contributed by atoms with E-state index in [0.29, 0.717) is 11.0 Å². The Morgan fingerprint density at radius 1 is 1.47 bits per heavy atom. The van der Waals surface area contributed by atoms with Crippen molar-refractivity contribution >= 4 is 23.6 Å². The number of amides is 1. The first-order valence-corrected chi connectivity index (χ1v) is 6.36. The van der Waals surface area contributed by atoms with Gasteiger partial charge in [0, 0.05) is 6.54 Å². The summed E-state index contributed by atoms with van der Waals surface area (Å²) in [7, 11) is 0. The lowest BCUT2D eigenvalue weighted by molar-refractivity contribution is -0.118. The van der Waals surface area contributed by atoms with Gasteiger partial charge in [-0.05, 0) is 30.9 Å². The van der Waals surface area contributed by atoms with E-state index in [1.54, 1.807) is 6.07 Å². The fourth-order valence-electron chi connectivity index (χ4n) is 1.28. The van der Waals surface area contributed by atoms with E-state index < -0.39 is 5.97 Å². The number of carbonyl (C=O) groups is 2. The van der Waals surface area contributed by atoms with Crippen LogP contribution in [-0.4, -0.2) is 29.3 Å². The van der Waals surface area contributed by atoms with Gasteiger partial charge in [0.2, 0.25) is 11.7 Å². The van der Waals surface area contributed by atoms with Crippen LogP contribution in [0.25, 0.3) is 0 Å². The third kappa shape index (κ3) is 3.81. The van der Waals surface area contributed by atoms with Crippen molar-refractivity contribution in [3.05, 3.63) is 17.9 Å². The molecular weight excluding hydrogens is 242 g/mol. The van der Waals surface area contributed by atoms with Crippen LogP contribution < -0.4 is 5.32 Å². The summed E-state index contributed by atoms with van der Waals surface area (Å²) in [5.41, 5.74) is 0. The minimum absolute atomic E-state index is 0.0461. The molecule has 1 aliphatic carbocycles. The highest BCUT2D eigenvalue weighted by Gasteiger charge is 2.21. The molecule has 0 unspecified atom stereocenters. The molecule has 1 aromatic heterocycles. The normalized spacial score (nSPS) is 14.6. The SMILES string of the molecule is O=C(CSc1ccc(C(=O)O)o1)NCC1CC1. The number of nitrogens with one attached hydrogen (secondary N) is 1. The molecule has 0 bridgehead atoms. The number of thioether (sulfide) groups is 1. The molecule has 1 fully saturated rings. The van der Waals surface area contributed by atoms with Crippen LogP contribution in [0.3, 0.4) is 0 Å². The van der Waals surface area contributed by atoms with E-state index in [-0.39, 0.29) is 17.4 Å². The van der Waals surface area contributed by atoms with E-state index in [1.165, 1.54) is 30.7 Å². The summed E-state index contributed by atoms with van der Waals surface area (Å²) in [6.45, 7) is 0.748. The van der Waals surface area contributed by atoms with Crippen LogP contribution in [-0.2, 0) is 4.79 Å². The predicted octanol–water partition coefficient (Wildman–Crippen LogP) is 1.60. The topological polar surface area (TPSA) is 79.5 Å². The summed E-state index contributed by atoms with van der Waals surface area (Å²) in [6.07, 6.45) is 2.40.